The van der Waals surface area contributed by atoms with E-state index in [1.165, 1.54) is 0 Å². The van der Waals surface area contributed by atoms with Gasteiger partial charge in [-0.2, -0.15) is 0 Å². The van der Waals surface area contributed by atoms with Gasteiger partial charge in [0.05, 0.1) is 13.2 Å². The van der Waals surface area contributed by atoms with Crippen molar-refractivity contribution in [2.75, 3.05) is 39.4 Å². The first-order chi connectivity index (χ1) is 10.2. The third-order valence-corrected chi connectivity index (χ3v) is 3.71. The Morgan fingerprint density at radius 3 is 2.71 bits per heavy atom. The van der Waals surface area contributed by atoms with Gasteiger partial charge in [0.1, 0.15) is 0 Å². The first-order valence-electron chi connectivity index (χ1n) is 7.00. The lowest BCUT2D eigenvalue weighted by Gasteiger charge is -2.26. The summed E-state index contributed by atoms with van der Waals surface area (Å²) in [5.74, 6) is 0. The summed E-state index contributed by atoms with van der Waals surface area (Å²) in [5.41, 5.74) is 1.03. The van der Waals surface area contributed by atoms with E-state index in [0.29, 0.717) is 6.54 Å². The Kier molecular flexibility index (Phi) is 6.72. The highest BCUT2D eigenvalue weighted by Crippen LogP contribution is 2.11. The van der Waals surface area contributed by atoms with Crippen LogP contribution >= 0.6 is 15.9 Å². The molecule has 1 saturated heterocycles. The van der Waals surface area contributed by atoms with Crippen LogP contribution in [0.25, 0.3) is 6.08 Å². The number of amides is 2. The molecule has 0 aliphatic carbocycles. The molecular weight excluding hydrogens is 334 g/mol. The molecule has 2 N–H and O–H groups in total. The molecule has 2 amide bonds. The summed E-state index contributed by atoms with van der Waals surface area (Å²) in [5, 5.41) is 5.53. The Bertz CT molecular complexity index is 470. The number of carbonyl (C=O) groups is 1. The Hall–Kier alpha value is -1.37. The van der Waals surface area contributed by atoms with Crippen LogP contribution in [0.1, 0.15) is 5.56 Å². The number of carbonyl (C=O) groups excluding carboxylic acids is 1. The Morgan fingerprint density at radius 1 is 1.29 bits per heavy atom. The molecule has 1 aliphatic rings. The summed E-state index contributed by atoms with van der Waals surface area (Å²) in [4.78, 5) is 13.9. The van der Waals surface area contributed by atoms with Gasteiger partial charge in [0.25, 0.3) is 0 Å². The Balaban J connectivity index is 1.61. The highest BCUT2D eigenvalue weighted by molar-refractivity contribution is 9.10. The zero-order valence-corrected chi connectivity index (χ0v) is 13.4. The predicted molar refractivity (Wildman–Crippen MR) is 87.0 cm³/mol. The van der Waals surface area contributed by atoms with Gasteiger partial charge in [-0.15, -0.1) is 0 Å². The number of hydrogen-bond donors (Lipinski definition) is 2. The lowest BCUT2D eigenvalue weighted by molar-refractivity contribution is 0.0387. The third-order valence-electron chi connectivity index (χ3n) is 3.18. The first-order valence-corrected chi connectivity index (χ1v) is 7.80. The molecular formula is C15H20BrN3O2. The number of hydrogen-bond acceptors (Lipinski definition) is 3. The van der Waals surface area contributed by atoms with Crippen molar-refractivity contribution in [2.24, 2.45) is 0 Å². The van der Waals surface area contributed by atoms with Crippen molar-refractivity contribution in [1.29, 1.82) is 0 Å². The van der Waals surface area contributed by atoms with Crippen molar-refractivity contribution >= 4 is 28.0 Å². The number of nitrogens with zero attached hydrogens (tertiary/aromatic N) is 1. The largest absolute Gasteiger partial charge is 0.379 e. The fourth-order valence-corrected chi connectivity index (χ4v) is 2.26. The van der Waals surface area contributed by atoms with E-state index in [2.05, 4.69) is 31.5 Å². The minimum absolute atomic E-state index is 0.184. The Morgan fingerprint density at radius 2 is 2.00 bits per heavy atom. The minimum atomic E-state index is -0.184. The summed E-state index contributed by atoms with van der Waals surface area (Å²) in [6.07, 6.45) is 3.50. The van der Waals surface area contributed by atoms with Crippen molar-refractivity contribution < 1.29 is 9.53 Å². The zero-order valence-electron chi connectivity index (χ0n) is 11.8. The van der Waals surface area contributed by atoms with E-state index in [1.54, 1.807) is 6.20 Å². The van der Waals surface area contributed by atoms with Gasteiger partial charge in [-0.05, 0) is 23.8 Å². The van der Waals surface area contributed by atoms with E-state index in [-0.39, 0.29) is 6.03 Å². The second-order valence-corrected chi connectivity index (χ2v) is 5.65. The first kappa shape index (κ1) is 16.0. The van der Waals surface area contributed by atoms with Crippen molar-refractivity contribution in [3.05, 3.63) is 40.5 Å². The van der Waals surface area contributed by atoms with E-state index in [9.17, 15) is 4.79 Å². The highest BCUT2D eigenvalue weighted by atomic mass is 79.9. The van der Waals surface area contributed by atoms with Crippen LogP contribution in [0.15, 0.2) is 34.9 Å². The quantitative estimate of drug-likeness (QED) is 0.851. The maximum atomic E-state index is 11.6. The molecule has 21 heavy (non-hydrogen) atoms. The SMILES string of the molecule is O=C(N/C=C/c1ccc(Br)cc1)NCCN1CCOCC1. The van der Waals surface area contributed by atoms with Crippen LogP contribution in [0.2, 0.25) is 0 Å². The van der Waals surface area contributed by atoms with E-state index in [1.807, 2.05) is 30.3 Å². The monoisotopic (exact) mass is 353 g/mol. The second kappa shape index (κ2) is 8.81. The number of benzene rings is 1. The maximum Gasteiger partial charge on any atom is 0.318 e. The lowest BCUT2D eigenvalue weighted by atomic mass is 10.2. The van der Waals surface area contributed by atoms with Gasteiger partial charge in [0.2, 0.25) is 0 Å². The van der Waals surface area contributed by atoms with Crippen molar-refractivity contribution in [3.63, 3.8) is 0 Å². The van der Waals surface area contributed by atoms with Crippen LogP contribution in [0.5, 0.6) is 0 Å². The van der Waals surface area contributed by atoms with Crippen LogP contribution in [0, 0.1) is 0 Å². The molecule has 5 nitrogen and oxygen atoms in total. The summed E-state index contributed by atoms with van der Waals surface area (Å²) in [6.45, 7) is 4.93. The molecule has 2 rings (SSSR count). The number of urea groups is 1. The van der Waals surface area contributed by atoms with Gasteiger partial charge in [0.15, 0.2) is 0 Å². The van der Waals surface area contributed by atoms with Gasteiger partial charge >= 0.3 is 6.03 Å². The fourth-order valence-electron chi connectivity index (χ4n) is 1.99. The molecule has 0 spiro atoms. The molecule has 0 bridgehead atoms. The average Bonchev–Trinajstić information content (AvgIpc) is 2.50. The van der Waals surface area contributed by atoms with E-state index in [0.717, 1.165) is 42.9 Å². The van der Waals surface area contributed by atoms with Crippen LogP contribution < -0.4 is 10.6 Å². The molecule has 1 heterocycles. The van der Waals surface area contributed by atoms with Crippen molar-refractivity contribution in [1.82, 2.24) is 15.5 Å². The normalized spacial score (nSPS) is 16.0. The molecule has 0 aromatic heterocycles. The summed E-state index contributed by atoms with van der Waals surface area (Å²) in [7, 11) is 0. The minimum Gasteiger partial charge on any atom is -0.379 e. The maximum absolute atomic E-state index is 11.6. The summed E-state index contributed by atoms with van der Waals surface area (Å²) < 4.78 is 6.31. The van der Waals surface area contributed by atoms with Crippen LogP contribution in [0.3, 0.4) is 0 Å². The van der Waals surface area contributed by atoms with Crippen molar-refractivity contribution in [2.45, 2.75) is 0 Å². The second-order valence-electron chi connectivity index (χ2n) is 4.74. The average molecular weight is 354 g/mol. The molecule has 0 radical (unpaired) electrons. The van der Waals surface area contributed by atoms with Crippen LogP contribution in [-0.4, -0.2) is 50.3 Å². The molecule has 0 unspecified atom stereocenters. The molecule has 1 aliphatic heterocycles. The Labute approximate surface area is 133 Å². The molecule has 114 valence electrons. The number of halogens is 1. The topological polar surface area (TPSA) is 53.6 Å². The van der Waals surface area contributed by atoms with Gasteiger partial charge < -0.3 is 15.4 Å². The van der Waals surface area contributed by atoms with Crippen LogP contribution in [-0.2, 0) is 4.74 Å². The van der Waals surface area contributed by atoms with Gasteiger partial charge in [-0.3, -0.25) is 4.90 Å². The predicted octanol–water partition coefficient (Wildman–Crippen LogP) is 2.05. The zero-order chi connectivity index (χ0) is 14.9. The standard InChI is InChI=1S/C15H20BrN3O2/c16-14-3-1-13(2-4-14)5-6-17-15(20)18-7-8-19-9-11-21-12-10-19/h1-6H,7-12H2,(H2,17,18,20)/b6-5+. The number of morpholine rings is 1. The number of ether oxygens (including phenoxy) is 1. The van der Waals surface area contributed by atoms with E-state index in [4.69, 9.17) is 4.74 Å². The van der Waals surface area contributed by atoms with Gasteiger partial charge in [-0.1, -0.05) is 28.1 Å². The fraction of sp³-hybridized carbons (Fsp3) is 0.400. The van der Waals surface area contributed by atoms with E-state index < -0.39 is 0 Å². The van der Waals surface area contributed by atoms with Gasteiger partial charge in [0, 0.05) is 36.9 Å². The summed E-state index contributed by atoms with van der Waals surface area (Å²) >= 11 is 3.38. The number of nitrogens with one attached hydrogen (secondary N) is 2. The summed E-state index contributed by atoms with van der Waals surface area (Å²) in [6, 6.07) is 7.68. The molecule has 6 heteroatoms. The smallest absolute Gasteiger partial charge is 0.318 e. The molecule has 1 aromatic carbocycles. The third kappa shape index (κ3) is 6.29. The highest BCUT2D eigenvalue weighted by Gasteiger charge is 2.09. The number of rotatable bonds is 5. The van der Waals surface area contributed by atoms with Gasteiger partial charge in [-0.25, -0.2) is 4.79 Å². The van der Waals surface area contributed by atoms with Crippen LogP contribution in [0.4, 0.5) is 4.79 Å². The van der Waals surface area contributed by atoms with Crippen molar-refractivity contribution in [3.8, 4) is 0 Å². The molecule has 1 aromatic rings. The molecule has 1 fully saturated rings. The molecule has 0 atom stereocenters. The molecule has 0 saturated carbocycles. The van der Waals surface area contributed by atoms with E-state index >= 15 is 0 Å². The lowest BCUT2D eigenvalue weighted by Crippen LogP contribution is -2.42.